The highest BCUT2D eigenvalue weighted by molar-refractivity contribution is 9.10. The van der Waals surface area contributed by atoms with Crippen LogP contribution in [0.25, 0.3) is 22.3 Å². The number of hydrogen-bond acceptors (Lipinski definition) is 6. The van der Waals surface area contributed by atoms with E-state index in [0.29, 0.717) is 29.4 Å². The van der Waals surface area contributed by atoms with Crippen molar-refractivity contribution in [3.05, 3.63) is 52.6 Å². The predicted molar refractivity (Wildman–Crippen MR) is 127 cm³/mol. The van der Waals surface area contributed by atoms with E-state index < -0.39 is 0 Å². The van der Waals surface area contributed by atoms with Crippen LogP contribution in [0.2, 0.25) is 0 Å². The molecule has 0 aliphatic carbocycles. The van der Waals surface area contributed by atoms with Crippen molar-refractivity contribution < 1.29 is 14.3 Å². The van der Waals surface area contributed by atoms with Gasteiger partial charge >= 0.3 is 0 Å². The molecule has 0 spiro atoms. The molecular weight excluding hydrogens is 488 g/mol. The molecule has 3 heterocycles. The van der Waals surface area contributed by atoms with Crippen molar-refractivity contribution in [2.45, 2.75) is 25.4 Å². The SMILES string of the molecule is Cn1c(C(=O)Nc2ccc(Br)cc2-c2nn[nH]n2)cc2cccc(OCC3CCCCO3)c21. The quantitative estimate of drug-likeness (QED) is 0.400. The van der Waals surface area contributed by atoms with Crippen LogP contribution in [0.4, 0.5) is 5.69 Å². The number of para-hydroxylation sites is 1. The van der Waals surface area contributed by atoms with Gasteiger partial charge in [-0.25, -0.2) is 0 Å². The Hall–Kier alpha value is -3.24. The van der Waals surface area contributed by atoms with E-state index in [4.69, 9.17) is 9.47 Å². The molecule has 0 radical (unpaired) electrons. The number of aryl methyl sites for hydroxylation is 1. The van der Waals surface area contributed by atoms with Crippen molar-refractivity contribution in [3.8, 4) is 17.1 Å². The second-order valence-corrected chi connectivity index (χ2v) is 8.88. The lowest BCUT2D eigenvalue weighted by Crippen LogP contribution is -2.25. The second-order valence-electron chi connectivity index (χ2n) is 7.96. The van der Waals surface area contributed by atoms with Gasteiger partial charge in [0.05, 0.1) is 17.3 Å². The van der Waals surface area contributed by atoms with E-state index in [1.54, 1.807) is 6.07 Å². The van der Waals surface area contributed by atoms with E-state index in [-0.39, 0.29) is 12.0 Å². The third-order valence-corrected chi connectivity index (χ3v) is 6.26. The minimum Gasteiger partial charge on any atom is -0.489 e. The fraction of sp³-hybridized carbons (Fsp3) is 0.304. The summed E-state index contributed by atoms with van der Waals surface area (Å²) in [5.41, 5.74) is 2.62. The highest BCUT2D eigenvalue weighted by Gasteiger charge is 2.20. The molecule has 1 atom stereocenters. The number of rotatable bonds is 6. The first-order valence-electron chi connectivity index (χ1n) is 10.8. The molecule has 0 saturated carbocycles. The Morgan fingerprint density at radius 2 is 2.21 bits per heavy atom. The predicted octanol–water partition coefficient (Wildman–Crippen LogP) is 4.32. The largest absolute Gasteiger partial charge is 0.489 e. The van der Waals surface area contributed by atoms with Gasteiger partial charge in [-0.15, -0.1) is 10.2 Å². The maximum absolute atomic E-state index is 13.3. The average Bonchev–Trinajstić information content (AvgIpc) is 3.48. The van der Waals surface area contributed by atoms with E-state index in [2.05, 4.69) is 41.9 Å². The van der Waals surface area contributed by atoms with Gasteiger partial charge in [0.15, 0.2) is 0 Å². The number of nitrogens with one attached hydrogen (secondary N) is 2. The van der Waals surface area contributed by atoms with Gasteiger partial charge in [0.2, 0.25) is 5.82 Å². The van der Waals surface area contributed by atoms with E-state index >= 15 is 0 Å². The van der Waals surface area contributed by atoms with Gasteiger partial charge in [-0.05, 0) is 54.8 Å². The molecule has 1 aliphatic heterocycles. The number of H-pyrrole nitrogens is 1. The highest BCUT2D eigenvalue weighted by atomic mass is 79.9. The number of tetrazole rings is 1. The number of aromatic amines is 1. The molecule has 5 rings (SSSR count). The number of aromatic nitrogens is 5. The fourth-order valence-electron chi connectivity index (χ4n) is 4.11. The molecule has 0 bridgehead atoms. The molecule has 10 heteroatoms. The molecule has 4 aromatic rings. The number of amides is 1. The molecule has 1 aliphatic rings. The lowest BCUT2D eigenvalue weighted by atomic mass is 10.1. The van der Waals surface area contributed by atoms with Crippen molar-refractivity contribution in [3.63, 3.8) is 0 Å². The first-order chi connectivity index (χ1) is 16.1. The topological polar surface area (TPSA) is 107 Å². The minimum atomic E-state index is -0.248. The van der Waals surface area contributed by atoms with Crippen molar-refractivity contribution in [2.75, 3.05) is 18.5 Å². The van der Waals surface area contributed by atoms with Crippen molar-refractivity contribution in [1.82, 2.24) is 25.2 Å². The van der Waals surface area contributed by atoms with E-state index in [9.17, 15) is 4.79 Å². The number of benzene rings is 2. The van der Waals surface area contributed by atoms with Gasteiger partial charge in [-0.2, -0.15) is 5.21 Å². The van der Waals surface area contributed by atoms with Crippen LogP contribution in [0.3, 0.4) is 0 Å². The Morgan fingerprint density at radius 3 is 3.00 bits per heavy atom. The Balaban J connectivity index is 1.41. The Labute approximate surface area is 198 Å². The third-order valence-electron chi connectivity index (χ3n) is 5.77. The summed E-state index contributed by atoms with van der Waals surface area (Å²) < 4.78 is 14.6. The lowest BCUT2D eigenvalue weighted by Gasteiger charge is -2.23. The number of halogens is 1. The third kappa shape index (κ3) is 4.49. The molecule has 1 fully saturated rings. The zero-order chi connectivity index (χ0) is 22.8. The summed E-state index contributed by atoms with van der Waals surface area (Å²) in [5, 5.41) is 18.1. The first-order valence-corrected chi connectivity index (χ1v) is 11.6. The average molecular weight is 511 g/mol. The molecule has 9 nitrogen and oxygen atoms in total. The molecule has 2 N–H and O–H groups in total. The Bertz CT molecular complexity index is 1280. The summed E-state index contributed by atoms with van der Waals surface area (Å²) in [5.74, 6) is 0.881. The zero-order valence-corrected chi connectivity index (χ0v) is 19.6. The van der Waals surface area contributed by atoms with Crippen LogP contribution in [0.1, 0.15) is 29.8 Å². The number of carbonyl (C=O) groups is 1. The normalized spacial score (nSPS) is 16.1. The summed E-state index contributed by atoms with van der Waals surface area (Å²) >= 11 is 3.45. The van der Waals surface area contributed by atoms with Crippen LogP contribution in [0, 0.1) is 0 Å². The van der Waals surface area contributed by atoms with Gasteiger partial charge in [-0.3, -0.25) is 4.79 Å². The van der Waals surface area contributed by atoms with Gasteiger partial charge < -0.3 is 19.4 Å². The van der Waals surface area contributed by atoms with Gasteiger partial charge in [0, 0.05) is 29.1 Å². The van der Waals surface area contributed by atoms with Crippen LogP contribution in [0.15, 0.2) is 46.9 Å². The summed E-state index contributed by atoms with van der Waals surface area (Å²) in [7, 11) is 1.86. The fourth-order valence-corrected chi connectivity index (χ4v) is 4.47. The summed E-state index contributed by atoms with van der Waals surface area (Å²) in [6.07, 6.45) is 3.38. The Morgan fingerprint density at radius 1 is 1.30 bits per heavy atom. The smallest absolute Gasteiger partial charge is 0.272 e. The molecular formula is C23H23BrN6O3. The van der Waals surface area contributed by atoms with E-state index in [1.165, 1.54) is 0 Å². The first kappa shape index (κ1) is 21.6. The summed E-state index contributed by atoms with van der Waals surface area (Å²) in [4.78, 5) is 13.3. The van der Waals surface area contributed by atoms with Crippen LogP contribution in [0.5, 0.6) is 5.75 Å². The number of fused-ring (bicyclic) bond motifs is 1. The molecule has 1 saturated heterocycles. The van der Waals surface area contributed by atoms with E-state index in [1.807, 2.05) is 48.0 Å². The number of carbonyl (C=O) groups excluding carboxylic acids is 1. The van der Waals surface area contributed by atoms with Crippen LogP contribution < -0.4 is 10.1 Å². The molecule has 2 aromatic heterocycles. The highest BCUT2D eigenvalue weighted by Crippen LogP contribution is 2.31. The van der Waals surface area contributed by atoms with Crippen LogP contribution >= 0.6 is 15.9 Å². The lowest BCUT2D eigenvalue weighted by molar-refractivity contribution is -0.0108. The molecule has 1 amide bonds. The Kier molecular flexibility index (Phi) is 6.10. The zero-order valence-electron chi connectivity index (χ0n) is 18.0. The van der Waals surface area contributed by atoms with Crippen molar-refractivity contribution >= 4 is 38.4 Å². The second kappa shape index (κ2) is 9.32. The maximum atomic E-state index is 13.3. The van der Waals surface area contributed by atoms with Gasteiger partial charge in [0.25, 0.3) is 5.91 Å². The summed E-state index contributed by atoms with van der Waals surface area (Å²) in [6.45, 7) is 1.29. The van der Waals surface area contributed by atoms with Gasteiger partial charge in [0.1, 0.15) is 18.1 Å². The molecule has 2 aromatic carbocycles. The maximum Gasteiger partial charge on any atom is 0.272 e. The standard InChI is InChI=1S/C23H23BrN6O3/c1-30-19(23(31)25-18-9-8-15(24)12-17(18)22-26-28-29-27-22)11-14-5-4-7-20(21(14)30)33-13-16-6-2-3-10-32-16/h4-5,7-9,11-12,16H,2-3,6,10,13H2,1H3,(H,25,31)(H,26,27,28,29). The molecule has 1 unspecified atom stereocenters. The molecule has 33 heavy (non-hydrogen) atoms. The van der Waals surface area contributed by atoms with Crippen molar-refractivity contribution in [1.29, 1.82) is 0 Å². The number of ether oxygens (including phenoxy) is 2. The van der Waals surface area contributed by atoms with Crippen LogP contribution in [-0.2, 0) is 11.8 Å². The number of hydrogen-bond donors (Lipinski definition) is 2. The molecule has 170 valence electrons. The minimum absolute atomic E-state index is 0.109. The summed E-state index contributed by atoms with van der Waals surface area (Å²) in [6, 6.07) is 13.2. The monoisotopic (exact) mass is 510 g/mol. The van der Waals surface area contributed by atoms with Crippen molar-refractivity contribution in [2.24, 2.45) is 7.05 Å². The van der Waals surface area contributed by atoms with Crippen LogP contribution in [-0.4, -0.2) is 50.4 Å². The van der Waals surface area contributed by atoms with Gasteiger partial charge in [-0.1, -0.05) is 28.1 Å². The van der Waals surface area contributed by atoms with E-state index in [0.717, 1.165) is 47.0 Å². The number of anilines is 1. The number of nitrogens with zero attached hydrogens (tertiary/aromatic N) is 4.